The molecule has 0 bridgehead atoms. The molecule has 1 aliphatic rings. The number of oxazole rings is 1. The van der Waals surface area contributed by atoms with E-state index in [2.05, 4.69) is 4.98 Å². The zero-order valence-corrected chi connectivity index (χ0v) is 8.42. The first-order chi connectivity index (χ1) is 6.75. The topological polar surface area (TPSA) is 63.3 Å². The van der Waals surface area contributed by atoms with E-state index >= 15 is 0 Å². The van der Waals surface area contributed by atoms with Gasteiger partial charge in [-0.15, -0.1) is 0 Å². The van der Waals surface area contributed by atoms with Crippen LogP contribution in [0, 0.1) is 0 Å². The molecule has 14 heavy (non-hydrogen) atoms. The molecule has 1 aromatic rings. The molecule has 76 valence electrons. The lowest BCUT2D eigenvalue weighted by atomic mass is 10.2. The molecular formula is C9H11NO3S. The Morgan fingerprint density at radius 3 is 3.21 bits per heavy atom. The van der Waals surface area contributed by atoms with Crippen molar-refractivity contribution in [2.24, 2.45) is 0 Å². The summed E-state index contributed by atoms with van der Waals surface area (Å²) in [4.78, 5) is 14.5. The quantitative estimate of drug-likeness (QED) is 0.829. The third-order valence-electron chi connectivity index (χ3n) is 2.19. The van der Waals surface area contributed by atoms with E-state index in [1.54, 1.807) is 0 Å². The normalized spacial score (nSPS) is 21.3. The van der Waals surface area contributed by atoms with Gasteiger partial charge in [-0.05, 0) is 18.6 Å². The van der Waals surface area contributed by atoms with Gasteiger partial charge in [0.1, 0.15) is 0 Å². The van der Waals surface area contributed by atoms with Gasteiger partial charge in [0.2, 0.25) is 5.76 Å². The minimum Gasteiger partial charge on any atom is -0.475 e. The summed E-state index contributed by atoms with van der Waals surface area (Å²) in [7, 11) is 0. The number of nitrogens with zero attached hydrogens (tertiary/aromatic N) is 1. The fourth-order valence-corrected chi connectivity index (χ4v) is 2.76. The van der Waals surface area contributed by atoms with Crippen molar-refractivity contribution in [3.05, 3.63) is 17.8 Å². The third kappa shape index (κ3) is 2.09. The predicted molar refractivity (Wildman–Crippen MR) is 52.6 cm³/mol. The molecule has 0 aliphatic carbocycles. The summed E-state index contributed by atoms with van der Waals surface area (Å²) in [5.41, 5.74) is 0. The fraction of sp³-hybridized carbons (Fsp3) is 0.556. The zero-order valence-electron chi connectivity index (χ0n) is 7.60. The Morgan fingerprint density at radius 1 is 1.79 bits per heavy atom. The molecule has 4 nitrogen and oxygen atoms in total. The van der Waals surface area contributed by atoms with Crippen LogP contribution < -0.4 is 0 Å². The highest BCUT2D eigenvalue weighted by Gasteiger charge is 2.19. The highest BCUT2D eigenvalue weighted by Crippen LogP contribution is 2.28. The molecule has 2 heterocycles. The summed E-state index contributed by atoms with van der Waals surface area (Å²) < 4.78 is 5.08. The second-order valence-electron chi connectivity index (χ2n) is 3.26. The summed E-state index contributed by atoms with van der Waals surface area (Å²) in [6.45, 7) is 0. The molecule has 0 amide bonds. The summed E-state index contributed by atoms with van der Waals surface area (Å²) in [5.74, 6) is 0.615. The Hall–Kier alpha value is -0.970. The van der Waals surface area contributed by atoms with Crippen LogP contribution in [0.5, 0.6) is 0 Å². The van der Waals surface area contributed by atoms with Crippen molar-refractivity contribution in [3.8, 4) is 0 Å². The lowest BCUT2D eigenvalue weighted by Crippen LogP contribution is -2.01. The van der Waals surface area contributed by atoms with Gasteiger partial charge in [-0.2, -0.15) is 11.8 Å². The molecule has 1 fully saturated rings. The zero-order chi connectivity index (χ0) is 9.97. The van der Waals surface area contributed by atoms with Crippen LogP contribution in [0.2, 0.25) is 0 Å². The fourth-order valence-electron chi connectivity index (χ4n) is 1.50. The standard InChI is InChI=1S/C9H11NO3S/c11-9(12)7-5-10-8(13-7)4-6-2-1-3-14-6/h5-6H,1-4H2,(H,11,12). The highest BCUT2D eigenvalue weighted by atomic mass is 32.2. The molecule has 0 aromatic carbocycles. The van der Waals surface area contributed by atoms with E-state index in [1.165, 1.54) is 24.8 Å². The Kier molecular flexibility index (Phi) is 2.77. The number of hydrogen-bond acceptors (Lipinski definition) is 4. The summed E-state index contributed by atoms with van der Waals surface area (Å²) in [6, 6.07) is 0. The SMILES string of the molecule is O=C(O)c1cnc(CC2CCCS2)o1. The Balaban J connectivity index is 1.98. The van der Waals surface area contributed by atoms with Crippen LogP contribution in [-0.4, -0.2) is 27.1 Å². The van der Waals surface area contributed by atoms with E-state index in [-0.39, 0.29) is 5.76 Å². The second-order valence-corrected chi connectivity index (χ2v) is 4.67. The van der Waals surface area contributed by atoms with Crippen molar-refractivity contribution < 1.29 is 14.3 Å². The van der Waals surface area contributed by atoms with Gasteiger partial charge in [0.15, 0.2) is 5.89 Å². The number of carbonyl (C=O) groups is 1. The average molecular weight is 213 g/mol. The van der Waals surface area contributed by atoms with E-state index in [4.69, 9.17) is 9.52 Å². The smallest absolute Gasteiger partial charge is 0.373 e. The average Bonchev–Trinajstić information content (AvgIpc) is 2.75. The highest BCUT2D eigenvalue weighted by molar-refractivity contribution is 8.00. The van der Waals surface area contributed by atoms with Crippen LogP contribution in [-0.2, 0) is 6.42 Å². The van der Waals surface area contributed by atoms with Crippen molar-refractivity contribution >= 4 is 17.7 Å². The lowest BCUT2D eigenvalue weighted by Gasteiger charge is -2.02. The van der Waals surface area contributed by atoms with E-state index < -0.39 is 5.97 Å². The van der Waals surface area contributed by atoms with Crippen LogP contribution in [0.3, 0.4) is 0 Å². The van der Waals surface area contributed by atoms with Crippen LogP contribution in [0.15, 0.2) is 10.6 Å². The van der Waals surface area contributed by atoms with Crippen molar-refractivity contribution in [3.63, 3.8) is 0 Å². The van der Waals surface area contributed by atoms with Gasteiger partial charge in [0, 0.05) is 11.7 Å². The molecule has 1 saturated heterocycles. The van der Waals surface area contributed by atoms with Gasteiger partial charge >= 0.3 is 5.97 Å². The van der Waals surface area contributed by atoms with Gasteiger partial charge in [-0.3, -0.25) is 0 Å². The van der Waals surface area contributed by atoms with Crippen molar-refractivity contribution in [1.29, 1.82) is 0 Å². The van der Waals surface area contributed by atoms with E-state index in [0.29, 0.717) is 11.1 Å². The van der Waals surface area contributed by atoms with Crippen molar-refractivity contribution in [2.75, 3.05) is 5.75 Å². The largest absolute Gasteiger partial charge is 0.475 e. The number of hydrogen-bond donors (Lipinski definition) is 1. The molecule has 1 atom stereocenters. The van der Waals surface area contributed by atoms with E-state index in [0.717, 1.165) is 6.42 Å². The lowest BCUT2D eigenvalue weighted by molar-refractivity contribution is 0.0660. The van der Waals surface area contributed by atoms with Gasteiger partial charge in [0.25, 0.3) is 0 Å². The molecule has 1 aliphatic heterocycles. The maximum absolute atomic E-state index is 10.5. The van der Waals surface area contributed by atoms with Crippen LogP contribution in [0.1, 0.15) is 29.3 Å². The molecule has 0 spiro atoms. The number of aromatic nitrogens is 1. The molecule has 1 N–H and O–H groups in total. The van der Waals surface area contributed by atoms with E-state index in [9.17, 15) is 4.79 Å². The van der Waals surface area contributed by atoms with Gasteiger partial charge in [0.05, 0.1) is 6.20 Å². The second kappa shape index (κ2) is 4.04. The maximum atomic E-state index is 10.5. The maximum Gasteiger partial charge on any atom is 0.373 e. The third-order valence-corrected chi connectivity index (χ3v) is 3.59. The molecule has 1 unspecified atom stereocenters. The number of carboxylic acid groups (broad SMARTS) is 1. The van der Waals surface area contributed by atoms with Gasteiger partial charge in [-0.1, -0.05) is 0 Å². The Bertz CT molecular complexity index is 331. The number of aromatic carboxylic acids is 1. The summed E-state index contributed by atoms with van der Waals surface area (Å²) >= 11 is 1.91. The first-order valence-corrected chi connectivity index (χ1v) is 5.60. The Labute approximate surface area is 85.7 Å². The molecular weight excluding hydrogens is 202 g/mol. The predicted octanol–water partition coefficient (Wildman–Crippen LogP) is 1.81. The van der Waals surface area contributed by atoms with Crippen LogP contribution >= 0.6 is 11.8 Å². The number of carboxylic acids is 1. The Morgan fingerprint density at radius 2 is 2.64 bits per heavy atom. The summed E-state index contributed by atoms with van der Waals surface area (Å²) in [5, 5.41) is 9.17. The number of thioether (sulfide) groups is 1. The molecule has 2 rings (SSSR count). The van der Waals surface area contributed by atoms with Gasteiger partial charge < -0.3 is 9.52 Å². The summed E-state index contributed by atoms with van der Waals surface area (Å²) in [6.07, 6.45) is 4.44. The molecule has 0 radical (unpaired) electrons. The van der Waals surface area contributed by atoms with Crippen LogP contribution in [0.4, 0.5) is 0 Å². The van der Waals surface area contributed by atoms with Crippen molar-refractivity contribution in [1.82, 2.24) is 4.98 Å². The van der Waals surface area contributed by atoms with Crippen LogP contribution in [0.25, 0.3) is 0 Å². The minimum atomic E-state index is -1.05. The van der Waals surface area contributed by atoms with Crippen molar-refractivity contribution in [2.45, 2.75) is 24.5 Å². The molecule has 5 heteroatoms. The number of rotatable bonds is 3. The molecule has 0 saturated carbocycles. The minimum absolute atomic E-state index is 0.0667. The molecule has 1 aromatic heterocycles. The first-order valence-electron chi connectivity index (χ1n) is 4.55. The monoisotopic (exact) mass is 213 g/mol. The van der Waals surface area contributed by atoms with Gasteiger partial charge in [-0.25, -0.2) is 9.78 Å². The van der Waals surface area contributed by atoms with E-state index in [1.807, 2.05) is 11.8 Å². The first kappa shape index (κ1) is 9.58.